The first-order valence-electron chi connectivity index (χ1n) is 9.88. The van der Waals surface area contributed by atoms with Gasteiger partial charge in [0.15, 0.2) is 0 Å². The Morgan fingerprint density at radius 1 is 1.03 bits per heavy atom. The minimum absolute atomic E-state index is 0.0640. The first-order valence-corrected chi connectivity index (χ1v) is 9.88. The molecule has 0 saturated carbocycles. The Labute approximate surface area is 184 Å². The standard InChI is InChI=1S/C25H21N3O4/c1-15(28-31)16-8-10-18(11-9-16)26-24-20-14-19(32-2)12-13-21(20)27-23(22(24)25(29)30)17-6-4-3-5-7-17/h3-14,31H,1-2H3,(H,26,27)(H,29,30)/b28-15+. The molecule has 0 saturated heterocycles. The van der Waals surface area contributed by atoms with Gasteiger partial charge in [0.1, 0.15) is 11.3 Å². The second-order valence-corrected chi connectivity index (χ2v) is 7.15. The second kappa shape index (κ2) is 8.77. The van der Waals surface area contributed by atoms with Gasteiger partial charge in [-0.3, -0.25) is 0 Å². The molecule has 0 aliphatic rings. The van der Waals surface area contributed by atoms with Gasteiger partial charge in [-0.1, -0.05) is 47.6 Å². The maximum Gasteiger partial charge on any atom is 0.340 e. The number of carboxylic acids is 1. The minimum Gasteiger partial charge on any atom is -0.497 e. The van der Waals surface area contributed by atoms with Crippen LogP contribution in [0.15, 0.2) is 78.0 Å². The highest BCUT2D eigenvalue weighted by atomic mass is 16.5. The van der Waals surface area contributed by atoms with Crippen LogP contribution in [-0.4, -0.2) is 34.1 Å². The summed E-state index contributed by atoms with van der Waals surface area (Å²) in [5.74, 6) is -0.500. The van der Waals surface area contributed by atoms with Crippen LogP contribution in [0.5, 0.6) is 5.75 Å². The number of carbonyl (C=O) groups is 1. The van der Waals surface area contributed by atoms with E-state index in [1.165, 1.54) is 0 Å². The maximum absolute atomic E-state index is 12.4. The van der Waals surface area contributed by atoms with Crippen LogP contribution >= 0.6 is 0 Å². The van der Waals surface area contributed by atoms with Gasteiger partial charge in [0.05, 0.1) is 29.7 Å². The predicted octanol–water partition coefficient (Wildman–Crippen LogP) is 5.55. The van der Waals surface area contributed by atoms with Crippen molar-refractivity contribution in [3.05, 3.63) is 83.9 Å². The van der Waals surface area contributed by atoms with Crippen molar-refractivity contribution in [1.82, 2.24) is 4.98 Å². The lowest BCUT2D eigenvalue weighted by molar-refractivity contribution is 0.0698. The highest BCUT2D eigenvalue weighted by Crippen LogP contribution is 2.37. The molecule has 0 spiro atoms. The number of benzene rings is 3. The van der Waals surface area contributed by atoms with Gasteiger partial charge in [-0.25, -0.2) is 9.78 Å². The molecule has 0 bridgehead atoms. The van der Waals surface area contributed by atoms with E-state index in [2.05, 4.69) is 15.5 Å². The van der Waals surface area contributed by atoms with Gasteiger partial charge >= 0.3 is 5.97 Å². The fourth-order valence-electron chi connectivity index (χ4n) is 3.51. The number of ether oxygens (including phenoxy) is 1. The molecule has 4 aromatic rings. The lowest BCUT2D eigenvalue weighted by atomic mass is 10.00. The van der Waals surface area contributed by atoms with Gasteiger partial charge in [-0.05, 0) is 42.8 Å². The van der Waals surface area contributed by atoms with E-state index in [0.29, 0.717) is 45.0 Å². The van der Waals surface area contributed by atoms with Crippen molar-refractivity contribution in [2.75, 3.05) is 12.4 Å². The molecular formula is C25H21N3O4. The Kier molecular flexibility index (Phi) is 5.72. The van der Waals surface area contributed by atoms with Gasteiger partial charge in [0.25, 0.3) is 0 Å². The number of fused-ring (bicyclic) bond motifs is 1. The van der Waals surface area contributed by atoms with Gasteiger partial charge < -0.3 is 20.4 Å². The van der Waals surface area contributed by atoms with E-state index in [4.69, 9.17) is 9.94 Å². The number of pyridine rings is 1. The zero-order valence-corrected chi connectivity index (χ0v) is 17.5. The van der Waals surface area contributed by atoms with Gasteiger partial charge in [0, 0.05) is 16.6 Å². The molecule has 0 fully saturated rings. The first kappa shape index (κ1) is 20.9. The van der Waals surface area contributed by atoms with Crippen molar-refractivity contribution in [1.29, 1.82) is 0 Å². The van der Waals surface area contributed by atoms with Crippen molar-refractivity contribution in [2.45, 2.75) is 6.92 Å². The summed E-state index contributed by atoms with van der Waals surface area (Å²) in [4.78, 5) is 17.1. The number of hydrogen-bond acceptors (Lipinski definition) is 6. The third-order valence-electron chi connectivity index (χ3n) is 5.18. The molecule has 160 valence electrons. The van der Waals surface area contributed by atoms with Gasteiger partial charge in [-0.2, -0.15) is 0 Å². The van der Waals surface area contributed by atoms with Crippen molar-refractivity contribution < 1.29 is 19.8 Å². The number of rotatable bonds is 6. The molecule has 0 aliphatic heterocycles. The fourth-order valence-corrected chi connectivity index (χ4v) is 3.51. The van der Waals surface area contributed by atoms with Crippen LogP contribution in [0.25, 0.3) is 22.2 Å². The molecule has 0 atom stereocenters. The lowest BCUT2D eigenvalue weighted by Crippen LogP contribution is -2.08. The molecule has 7 nitrogen and oxygen atoms in total. The van der Waals surface area contributed by atoms with E-state index in [1.807, 2.05) is 36.4 Å². The monoisotopic (exact) mass is 427 g/mol. The number of aromatic carboxylic acids is 1. The molecule has 1 aromatic heterocycles. The SMILES string of the molecule is COc1ccc2nc(-c3ccccc3)c(C(=O)O)c(Nc3ccc(/C(C)=N/O)cc3)c2c1. The lowest BCUT2D eigenvalue weighted by Gasteiger charge is -2.17. The third-order valence-corrected chi connectivity index (χ3v) is 5.18. The number of nitrogens with zero attached hydrogens (tertiary/aromatic N) is 2. The predicted molar refractivity (Wildman–Crippen MR) is 124 cm³/mol. The highest BCUT2D eigenvalue weighted by molar-refractivity contribution is 6.10. The number of aromatic nitrogens is 1. The summed E-state index contributed by atoms with van der Waals surface area (Å²) in [5, 5.41) is 26.2. The number of hydrogen-bond donors (Lipinski definition) is 3. The summed E-state index contributed by atoms with van der Waals surface area (Å²) in [6.45, 7) is 1.69. The van der Waals surface area contributed by atoms with Crippen LogP contribution in [0, 0.1) is 0 Å². The fraction of sp³-hybridized carbons (Fsp3) is 0.0800. The molecule has 1 heterocycles. The van der Waals surface area contributed by atoms with Crippen LogP contribution in [0.3, 0.4) is 0 Å². The van der Waals surface area contributed by atoms with Crippen LogP contribution in [0.1, 0.15) is 22.8 Å². The average molecular weight is 427 g/mol. The molecule has 0 radical (unpaired) electrons. The molecule has 0 aliphatic carbocycles. The van der Waals surface area contributed by atoms with Crippen LogP contribution < -0.4 is 10.1 Å². The molecule has 3 aromatic carbocycles. The number of carboxylic acid groups (broad SMARTS) is 1. The largest absolute Gasteiger partial charge is 0.497 e. The molecule has 4 rings (SSSR count). The van der Waals surface area contributed by atoms with E-state index in [0.717, 1.165) is 5.56 Å². The summed E-state index contributed by atoms with van der Waals surface area (Å²) >= 11 is 0. The summed E-state index contributed by atoms with van der Waals surface area (Å²) in [6.07, 6.45) is 0. The van der Waals surface area contributed by atoms with Crippen LogP contribution in [0.2, 0.25) is 0 Å². The summed E-state index contributed by atoms with van der Waals surface area (Å²) in [5.41, 5.74) is 4.10. The number of methoxy groups -OCH3 is 1. The Morgan fingerprint density at radius 3 is 2.38 bits per heavy atom. The van der Waals surface area contributed by atoms with Crippen molar-refractivity contribution >= 4 is 34.0 Å². The normalized spacial score (nSPS) is 11.4. The zero-order valence-electron chi connectivity index (χ0n) is 17.5. The van der Waals surface area contributed by atoms with Crippen molar-refractivity contribution in [2.24, 2.45) is 5.16 Å². The minimum atomic E-state index is -1.09. The smallest absolute Gasteiger partial charge is 0.340 e. The average Bonchev–Trinajstić information content (AvgIpc) is 2.83. The summed E-state index contributed by atoms with van der Waals surface area (Å²) in [6, 6.07) is 21.8. The second-order valence-electron chi connectivity index (χ2n) is 7.15. The van der Waals surface area contributed by atoms with E-state index < -0.39 is 5.97 Å². The van der Waals surface area contributed by atoms with Gasteiger partial charge in [0.2, 0.25) is 0 Å². The van der Waals surface area contributed by atoms with Gasteiger partial charge in [-0.15, -0.1) is 0 Å². The Morgan fingerprint density at radius 2 is 1.75 bits per heavy atom. The van der Waals surface area contributed by atoms with Crippen LogP contribution in [0.4, 0.5) is 11.4 Å². The summed E-state index contributed by atoms with van der Waals surface area (Å²) < 4.78 is 5.36. The topological polar surface area (TPSA) is 104 Å². The van der Waals surface area contributed by atoms with Crippen molar-refractivity contribution in [3.63, 3.8) is 0 Å². The molecular weight excluding hydrogens is 406 g/mol. The number of nitrogens with one attached hydrogen (secondary N) is 1. The Balaban J connectivity index is 1.95. The third kappa shape index (κ3) is 3.96. The van der Waals surface area contributed by atoms with E-state index in [-0.39, 0.29) is 5.56 Å². The molecule has 0 amide bonds. The van der Waals surface area contributed by atoms with Crippen LogP contribution in [-0.2, 0) is 0 Å². The highest BCUT2D eigenvalue weighted by Gasteiger charge is 2.22. The number of anilines is 2. The summed E-state index contributed by atoms with van der Waals surface area (Å²) in [7, 11) is 1.56. The first-order chi connectivity index (χ1) is 15.5. The van der Waals surface area contributed by atoms with E-state index in [9.17, 15) is 9.90 Å². The quantitative estimate of drug-likeness (QED) is 0.212. The molecule has 3 N–H and O–H groups in total. The van der Waals surface area contributed by atoms with E-state index >= 15 is 0 Å². The van der Waals surface area contributed by atoms with E-state index in [1.54, 1.807) is 50.4 Å². The maximum atomic E-state index is 12.4. The van der Waals surface area contributed by atoms with Crippen molar-refractivity contribution in [3.8, 4) is 17.0 Å². The molecule has 32 heavy (non-hydrogen) atoms. The number of oxime groups is 1. The molecule has 7 heteroatoms. The Hall–Kier alpha value is -4.39. The molecule has 0 unspecified atom stereocenters. The zero-order chi connectivity index (χ0) is 22.7. The Bertz CT molecular complexity index is 1320.